The van der Waals surface area contributed by atoms with E-state index in [4.69, 9.17) is 16.3 Å². The molecular formula is C21H16ClF3N4O4. The van der Waals surface area contributed by atoms with E-state index in [0.29, 0.717) is 16.9 Å². The summed E-state index contributed by atoms with van der Waals surface area (Å²) in [4.78, 5) is 32.4. The Balaban J connectivity index is 1.69. The van der Waals surface area contributed by atoms with Crippen molar-refractivity contribution >= 4 is 34.8 Å². The highest BCUT2D eigenvalue weighted by atomic mass is 35.5. The number of hydrogen-bond acceptors (Lipinski definition) is 6. The highest BCUT2D eigenvalue weighted by Crippen LogP contribution is 2.29. The Morgan fingerprint density at radius 2 is 1.82 bits per heavy atom. The van der Waals surface area contributed by atoms with Gasteiger partial charge < -0.3 is 20.1 Å². The van der Waals surface area contributed by atoms with E-state index in [1.54, 1.807) is 18.3 Å². The molecule has 2 amide bonds. The second-order valence-electron chi connectivity index (χ2n) is 6.48. The standard InChI is InChI=1S/C21H16ClF3N4O4/c1-32-17-8-14(4-5-16(17)29-18(30)12-3-2-6-26-9-12)28-19(31)13-7-15(22)20(27-10-13)33-11-21(23,24)25/h2-10H,11H2,1H3,(H,28,31)(H,29,30). The van der Waals surface area contributed by atoms with Crippen molar-refractivity contribution in [3.8, 4) is 11.6 Å². The van der Waals surface area contributed by atoms with Crippen molar-refractivity contribution in [2.45, 2.75) is 6.18 Å². The Kier molecular flexibility index (Phi) is 7.34. The third kappa shape index (κ3) is 6.56. The summed E-state index contributed by atoms with van der Waals surface area (Å²) in [6, 6.07) is 8.89. The van der Waals surface area contributed by atoms with Crippen LogP contribution in [-0.4, -0.2) is 41.7 Å². The lowest BCUT2D eigenvalue weighted by Gasteiger charge is -2.13. The largest absolute Gasteiger partial charge is 0.494 e. The number of halogens is 4. The minimum atomic E-state index is -4.55. The van der Waals surface area contributed by atoms with Gasteiger partial charge in [-0.05, 0) is 30.3 Å². The molecule has 0 unspecified atom stereocenters. The van der Waals surface area contributed by atoms with Gasteiger partial charge in [0.15, 0.2) is 6.61 Å². The number of amides is 2. The monoisotopic (exact) mass is 480 g/mol. The van der Waals surface area contributed by atoms with Crippen LogP contribution in [0, 0.1) is 0 Å². The molecule has 33 heavy (non-hydrogen) atoms. The summed E-state index contributed by atoms with van der Waals surface area (Å²) in [5, 5.41) is 5.02. The molecule has 172 valence electrons. The van der Waals surface area contributed by atoms with Gasteiger partial charge in [-0.25, -0.2) is 4.98 Å². The van der Waals surface area contributed by atoms with Gasteiger partial charge in [-0.2, -0.15) is 13.2 Å². The molecule has 12 heteroatoms. The Hall–Kier alpha value is -3.86. The summed E-state index contributed by atoms with van der Waals surface area (Å²) in [5.74, 6) is -1.19. The minimum Gasteiger partial charge on any atom is -0.494 e. The summed E-state index contributed by atoms with van der Waals surface area (Å²) in [7, 11) is 1.39. The SMILES string of the molecule is COc1cc(NC(=O)c2cnc(OCC(F)(F)F)c(Cl)c2)ccc1NC(=O)c1cccnc1. The number of rotatable bonds is 7. The molecule has 0 spiro atoms. The number of nitrogens with zero attached hydrogens (tertiary/aromatic N) is 2. The molecule has 0 saturated heterocycles. The first kappa shape index (κ1) is 23.8. The van der Waals surface area contributed by atoms with Crippen molar-refractivity contribution in [1.29, 1.82) is 0 Å². The molecule has 3 aromatic rings. The van der Waals surface area contributed by atoms with Crippen LogP contribution in [0.25, 0.3) is 0 Å². The number of carbonyl (C=O) groups is 2. The molecule has 0 saturated carbocycles. The van der Waals surface area contributed by atoms with Crippen LogP contribution in [0.15, 0.2) is 55.0 Å². The van der Waals surface area contributed by atoms with Gasteiger partial charge in [-0.1, -0.05) is 11.6 Å². The van der Waals surface area contributed by atoms with Crippen LogP contribution in [0.3, 0.4) is 0 Å². The number of methoxy groups -OCH3 is 1. The predicted molar refractivity (Wildman–Crippen MR) is 114 cm³/mol. The van der Waals surface area contributed by atoms with Crippen LogP contribution < -0.4 is 20.1 Å². The Labute approximate surface area is 190 Å². The summed E-state index contributed by atoms with van der Waals surface area (Å²) in [6.45, 7) is -1.56. The van der Waals surface area contributed by atoms with Crippen LogP contribution in [0.4, 0.5) is 24.5 Å². The average Bonchev–Trinajstić information content (AvgIpc) is 2.79. The molecule has 2 heterocycles. The van der Waals surface area contributed by atoms with Crippen LogP contribution in [-0.2, 0) is 0 Å². The topological polar surface area (TPSA) is 102 Å². The number of anilines is 2. The molecule has 1 aromatic carbocycles. The third-order valence-corrected chi connectivity index (χ3v) is 4.34. The fourth-order valence-corrected chi connectivity index (χ4v) is 2.79. The molecule has 0 aliphatic rings. The fourth-order valence-electron chi connectivity index (χ4n) is 2.57. The number of pyridine rings is 2. The maximum absolute atomic E-state index is 12.5. The zero-order valence-electron chi connectivity index (χ0n) is 16.9. The highest BCUT2D eigenvalue weighted by molar-refractivity contribution is 6.32. The minimum absolute atomic E-state index is 0.00715. The van der Waals surface area contributed by atoms with Gasteiger partial charge >= 0.3 is 6.18 Å². The van der Waals surface area contributed by atoms with Crippen molar-refractivity contribution in [3.05, 3.63) is 71.1 Å². The first-order chi connectivity index (χ1) is 15.7. The second kappa shape index (κ2) is 10.2. The summed E-state index contributed by atoms with van der Waals surface area (Å²) in [6.07, 6.45) is -0.563. The number of carbonyl (C=O) groups excluding carboxylic acids is 2. The van der Waals surface area contributed by atoms with Gasteiger partial charge in [0.05, 0.1) is 23.9 Å². The lowest BCUT2D eigenvalue weighted by Crippen LogP contribution is -2.20. The van der Waals surface area contributed by atoms with E-state index < -0.39 is 30.5 Å². The quantitative estimate of drug-likeness (QED) is 0.513. The van der Waals surface area contributed by atoms with Gasteiger partial charge in [-0.3, -0.25) is 14.6 Å². The maximum atomic E-state index is 12.5. The number of alkyl halides is 3. The molecule has 0 aliphatic carbocycles. The lowest BCUT2D eigenvalue weighted by atomic mass is 10.2. The Morgan fingerprint density at radius 1 is 1.06 bits per heavy atom. The number of nitrogens with one attached hydrogen (secondary N) is 2. The van der Waals surface area contributed by atoms with Gasteiger partial charge in [0.2, 0.25) is 5.88 Å². The van der Waals surface area contributed by atoms with E-state index in [1.165, 1.54) is 31.5 Å². The van der Waals surface area contributed by atoms with Crippen LogP contribution in [0.1, 0.15) is 20.7 Å². The first-order valence-corrected chi connectivity index (χ1v) is 9.60. The second-order valence-corrected chi connectivity index (χ2v) is 6.89. The maximum Gasteiger partial charge on any atom is 0.422 e. The first-order valence-electron chi connectivity index (χ1n) is 9.22. The predicted octanol–water partition coefficient (Wildman–Crippen LogP) is 4.58. The van der Waals surface area contributed by atoms with E-state index >= 15 is 0 Å². The van der Waals surface area contributed by atoms with Gasteiger partial charge in [0, 0.05) is 30.3 Å². The van der Waals surface area contributed by atoms with E-state index in [9.17, 15) is 22.8 Å². The van der Waals surface area contributed by atoms with E-state index in [1.807, 2.05) is 0 Å². The van der Waals surface area contributed by atoms with Crippen molar-refractivity contribution in [3.63, 3.8) is 0 Å². The van der Waals surface area contributed by atoms with Gasteiger partial charge in [0.1, 0.15) is 10.8 Å². The average molecular weight is 481 g/mol. The number of hydrogen-bond donors (Lipinski definition) is 2. The molecule has 0 aliphatic heterocycles. The van der Waals surface area contributed by atoms with Crippen LogP contribution >= 0.6 is 11.6 Å². The number of ether oxygens (including phenoxy) is 2. The third-order valence-electron chi connectivity index (χ3n) is 4.07. The zero-order valence-corrected chi connectivity index (χ0v) is 17.7. The molecule has 3 rings (SSSR count). The van der Waals surface area contributed by atoms with Gasteiger partial charge in [-0.15, -0.1) is 0 Å². The molecule has 0 atom stereocenters. The number of aromatic nitrogens is 2. The zero-order chi connectivity index (χ0) is 24.0. The summed E-state index contributed by atoms with van der Waals surface area (Å²) < 4.78 is 46.6. The Bertz CT molecular complexity index is 1160. The van der Waals surface area contributed by atoms with Crippen molar-refractivity contribution in [1.82, 2.24) is 9.97 Å². The molecule has 0 fully saturated rings. The molecule has 0 bridgehead atoms. The van der Waals surface area contributed by atoms with Gasteiger partial charge in [0.25, 0.3) is 11.8 Å². The van der Waals surface area contributed by atoms with Crippen LogP contribution in [0.2, 0.25) is 5.02 Å². The Morgan fingerprint density at radius 3 is 2.45 bits per heavy atom. The molecule has 2 N–H and O–H groups in total. The highest BCUT2D eigenvalue weighted by Gasteiger charge is 2.29. The molecule has 0 radical (unpaired) electrons. The lowest BCUT2D eigenvalue weighted by molar-refractivity contribution is -0.154. The van der Waals surface area contributed by atoms with E-state index in [2.05, 4.69) is 25.3 Å². The number of benzene rings is 1. The van der Waals surface area contributed by atoms with E-state index in [0.717, 1.165) is 12.3 Å². The van der Waals surface area contributed by atoms with Crippen molar-refractivity contribution < 1.29 is 32.2 Å². The summed E-state index contributed by atoms with van der Waals surface area (Å²) >= 11 is 5.87. The normalized spacial score (nSPS) is 10.9. The van der Waals surface area contributed by atoms with Crippen molar-refractivity contribution in [2.24, 2.45) is 0 Å². The molecular weight excluding hydrogens is 465 g/mol. The van der Waals surface area contributed by atoms with Crippen LogP contribution in [0.5, 0.6) is 11.6 Å². The molecule has 2 aromatic heterocycles. The summed E-state index contributed by atoms with van der Waals surface area (Å²) in [5.41, 5.74) is 1.03. The molecule has 8 nitrogen and oxygen atoms in total. The van der Waals surface area contributed by atoms with E-state index in [-0.39, 0.29) is 16.3 Å². The van der Waals surface area contributed by atoms with Crippen molar-refractivity contribution in [2.75, 3.05) is 24.4 Å². The fraction of sp³-hybridized carbons (Fsp3) is 0.143. The smallest absolute Gasteiger partial charge is 0.422 e.